The van der Waals surface area contributed by atoms with Crippen LogP contribution < -0.4 is 30.6 Å². The fourth-order valence-corrected chi connectivity index (χ4v) is 6.37. The highest BCUT2D eigenvalue weighted by Crippen LogP contribution is 2.40. The van der Waals surface area contributed by atoms with Gasteiger partial charge in [0.2, 0.25) is 0 Å². The molecule has 3 aromatic carbocycles. The topological polar surface area (TPSA) is 102 Å². The molecule has 2 atom stereocenters. The Morgan fingerprint density at radius 3 is 2.39 bits per heavy atom. The summed E-state index contributed by atoms with van der Waals surface area (Å²) in [6, 6.07) is 18.4. The number of amides is 2. The molecule has 1 fully saturated rings. The zero-order valence-corrected chi connectivity index (χ0v) is 23.5. The molecular weight excluding hydrogens is 570 g/mol. The molecule has 7 rings (SSSR count). The number of hydrogen-bond donors (Lipinski definition) is 2. The second kappa shape index (κ2) is 11.1. The van der Waals surface area contributed by atoms with E-state index in [-0.39, 0.29) is 28.6 Å². The summed E-state index contributed by atoms with van der Waals surface area (Å²) < 4.78 is 42.0. The first-order valence-corrected chi connectivity index (χ1v) is 14.4. The monoisotopic (exact) mass is 598 g/mol. The summed E-state index contributed by atoms with van der Waals surface area (Å²) in [5, 5.41) is 5.50. The summed E-state index contributed by atoms with van der Waals surface area (Å²) in [4.78, 5) is 41.2. The van der Waals surface area contributed by atoms with Crippen molar-refractivity contribution in [2.24, 2.45) is 5.92 Å². The van der Waals surface area contributed by atoms with Crippen LogP contribution in [0.2, 0.25) is 0 Å². The average molecular weight is 599 g/mol. The molecule has 0 radical (unpaired) electrons. The van der Waals surface area contributed by atoms with Crippen molar-refractivity contribution in [3.8, 4) is 11.5 Å². The second-order valence-corrected chi connectivity index (χ2v) is 11.2. The van der Waals surface area contributed by atoms with Crippen LogP contribution in [-0.4, -0.2) is 42.7 Å². The molecule has 4 aromatic rings. The number of ether oxygens (including phenoxy) is 2. The highest BCUT2D eigenvalue weighted by molar-refractivity contribution is 6.09. The molecule has 4 heterocycles. The van der Waals surface area contributed by atoms with E-state index in [2.05, 4.69) is 15.5 Å². The summed E-state index contributed by atoms with van der Waals surface area (Å²) in [6.07, 6.45) is 0.915. The summed E-state index contributed by atoms with van der Waals surface area (Å²) in [7, 11) is 0. The summed E-state index contributed by atoms with van der Waals surface area (Å²) >= 11 is 0. The van der Waals surface area contributed by atoms with E-state index in [4.69, 9.17) is 9.47 Å². The van der Waals surface area contributed by atoms with Crippen molar-refractivity contribution in [1.29, 1.82) is 0 Å². The molecule has 1 aromatic heterocycles. The predicted molar refractivity (Wildman–Crippen MR) is 160 cm³/mol. The standard InChI is InChI=1S/C33H28F2N4O5/c34-23-3-1-4-24(35)31(23)33(42)37-25-14-20(32(41)36-22-8-10-28-29(15-22)44-12-11-43-28)7-9-27(25)38-16-19-13-21(18-38)26-5-2-6-30(40)39(26)17-19/h1-10,14-15,19,21H,11-13,16-18H2,(H,36,41)(H,37,42)/t19-,21+/m1/s1. The first-order chi connectivity index (χ1) is 21.3. The van der Waals surface area contributed by atoms with Gasteiger partial charge in [0.1, 0.15) is 30.4 Å². The number of nitrogens with zero attached hydrogens (tertiary/aromatic N) is 2. The zero-order chi connectivity index (χ0) is 30.4. The lowest BCUT2D eigenvalue weighted by Crippen LogP contribution is -2.47. The number of rotatable bonds is 5. The molecule has 0 aliphatic carbocycles. The van der Waals surface area contributed by atoms with E-state index in [0.717, 1.165) is 24.2 Å². The molecule has 224 valence electrons. The van der Waals surface area contributed by atoms with Crippen LogP contribution in [0.15, 0.2) is 77.6 Å². The van der Waals surface area contributed by atoms with Crippen LogP contribution in [0.1, 0.15) is 38.7 Å². The molecule has 1 saturated heterocycles. The van der Waals surface area contributed by atoms with Gasteiger partial charge in [-0.05, 0) is 60.9 Å². The van der Waals surface area contributed by atoms with Crippen molar-refractivity contribution in [2.75, 3.05) is 41.8 Å². The van der Waals surface area contributed by atoms with Gasteiger partial charge in [-0.3, -0.25) is 14.4 Å². The number of pyridine rings is 1. The highest BCUT2D eigenvalue weighted by Gasteiger charge is 2.35. The number of carbonyl (C=O) groups is 2. The minimum absolute atomic E-state index is 0.0288. The molecule has 11 heteroatoms. The Hall–Kier alpha value is -5.19. The second-order valence-electron chi connectivity index (χ2n) is 11.2. The van der Waals surface area contributed by atoms with Crippen molar-refractivity contribution in [1.82, 2.24) is 4.57 Å². The molecule has 2 bridgehead atoms. The minimum atomic E-state index is -0.994. The van der Waals surface area contributed by atoms with E-state index >= 15 is 0 Å². The van der Waals surface area contributed by atoms with Crippen LogP contribution in [0.5, 0.6) is 11.5 Å². The molecule has 0 spiro atoms. The number of hydrogen-bond acceptors (Lipinski definition) is 6. The maximum absolute atomic E-state index is 14.5. The van der Waals surface area contributed by atoms with Gasteiger partial charge in [-0.15, -0.1) is 0 Å². The zero-order valence-electron chi connectivity index (χ0n) is 23.5. The Morgan fingerprint density at radius 1 is 0.795 bits per heavy atom. The summed E-state index contributed by atoms with van der Waals surface area (Å²) in [5.74, 6) is -2.07. The molecule has 3 aliphatic heterocycles. The lowest BCUT2D eigenvalue weighted by Gasteiger charge is -2.44. The van der Waals surface area contributed by atoms with Crippen LogP contribution >= 0.6 is 0 Å². The Kier molecular flexibility index (Phi) is 7.00. The van der Waals surface area contributed by atoms with Gasteiger partial charge in [-0.25, -0.2) is 8.78 Å². The van der Waals surface area contributed by atoms with Crippen molar-refractivity contribution >= 4 is 28.9 Å². The fourth-order valence-electron chi connectivity index (χ4n) is 6.37. The number of aromatic nitrogens is 1. The smallest absolute Gasteiger partial charge is 0.261 e. The van der Waals surface area contributed by atoms with Crippen molar-refractivity contribution in [3.05, 3.63) is 112 Å². The molecule has 2 amide bonds. The SMILES string of the molecule is O=C(Nc1ccc2c(c1)OCCO2)c1ccc(N2C[C@H]3C[C@@H](C2)c2cccc(=O)n2C3)c(NC(=O)c2c(F)cccc2F)c1. The van der Waals surface area contributed by atoms with Gasteiger partial charge in [-0.2, -0.15) is 0 Å². The normalized spacial score (nSPS) is 18.3. The van der Waals surface area contributed by atoms with E-state index in [0.29, 0.717) is 55.7 Å². The summed E-state index contributed by atoms with van der Waals surface area (Å²) in [6.45, 7) is 2.56. The Bertz CT molecular complexity index is 1840. The van der Waals surface area contributed by atoms with Gasteiger partial charge in [0, 0.05) is 54.6 Å². The third-order valence-electron chi connectivity index (χ3n) is 8.32. The molecule has 0 unspecified atom stereocenters. The van der Waals surface area contributed by atoms with E-state index < -0.39 is 29.0 Å². The fraction of sp³-hybridized carbons (Fsp3) is 0.242. The largest absolute Gasteiger partial charge is 0.486 e. The molecule has 0 saturated carbocycles. The maximum Gasteiger partial charge on any atom is 0.261 e. The van der Waals surface area contributed by atoms with Crippen molar-refractivity contribution < 1.29 is 27.8 Å². The first-order valence-electron chi connectivity index (χ1n) is 14.4. The molecule has 44 heavy (non-hydrogen) atoms. The van der Waals surface area contributed by atoms with Crippen LogP contribution in [0.25, 0.3) is 0 Å². The van der Waals surface area contributed by atoms with Crippen LogP contribution in [0, 0.1) is 17.6 Å². The van der Waals surface area contributed by atoms with Crippen LogP contribution in [0.4, 0.5) is 25.8 Å². The Balaban J connectivity index is 1.21. The lowest BCUT2D eigenvalue weighted by atomic mass is 9.83. The number of nitrogens with one attached hydrogen (secondary N) is 2. The van der Waals surface area contributed by atoms with E-state index in [1.165, 1.54) is 12.1 Å². The molecule has 9 nitrogen and oxygen atoms in total. The van der Waals surface area contributed by atoms with E-state index in [1.807, 2.05) is 10.6 Å². The van der Waals surface area contributed by atoms with Crippen LogP contribution in [-0.2, 0) is 6.54 Å². The number of benzene rings is 3. The van der Waals surface area contributed by atoms with Gasteiger partial charge in [0.25, 0.3) is 17.4 Å². The number of piperidine rings is 1. The molecule has 3 aliphatic rings. The quantitative estimate of drug-likeness (QED) is 0.335. The molecular formula is C33H28F2N4O5. The Morgan fingerprint density at radius 2 is 1.57 bits per heavy atom. The van der Waals surface area contributed by atoms with Gasteiger partial charge >= 0.3 is 0 Å². The maximum atomic E-state index is 14.5. The van der Waals surface area contributed by atoms with Crippen molar-refractivity contribution in [2.45, 2.75) is 18.9 Å². The van der Waals surface area contributed by atoms with Crippen LogP contribution in [0.3, 0.4) is 0 Å². The highest BCUT2D eigenvalue weighted by atomic mass is 19.1. The first kappa shape index (κ1) is 27.6. The van der Waals surface area contributed by atoms with Gasteiger partial charge in [0.05, 0.1) is 11.4 Å². The Labute approximate surface area is 251 Å². The third kappa shape index (κ3) is 5.14. The average Bonchev–Trinajstić information content (AvgIpc) is 3.01. The van der Waals surface area contributed by atoms with Gasteiger partial charge in [0.15, 0.2) is 11.5 Å². The van der Waals surface area contributed by atoms with E-state index in [9.17, 15) is 23.2 Å². The molecule has 2 N–H and O–H groups in total. The van der Waals surface area contributed by atoms with Crippen molar-refractivity contribution in [3.63, 3.8) is 0 Å². The lowest BCUT2D eigenvalue weighted by molar-refractivity contribution is 0.101. The number of fused-ring (bicyclic) bond motifs is 5. The van der Waals surface area contributed by atoms with Gasteiger partial charge in [-0.1, -0.05) is 12.1 Å². The number of anilines is 3. The third-order valence-corrected chi connectivity index (χ3v) is 8.32. The van der Waals surface area contributed by atoms with E-state index in [1.54, 1.807) is 42.5 Å². The van der Waals surface area contributed by atoms with Gasteiger partial charge < -0.3 is 29.6 Å². The number of halogens is 2. The number of carbonyl (C=O) groups excluding carboxylic acids is 2. The minimum Gasteiger partial charge on any atom is -0.486 e. The summed E-state index contributed by atoms with van der Waals surface area (Å²) in [5.41, 5.74) is 1.76. The predicted octanol–water partition coefficient (Wildman–Crippen LogP) is 5.03.